The first-order valence-electron chi connectivity index (χ1n) is 7.88. The van der Waals surface area contributed by atoms with Crippen LogP contribution in [-0.4, -0.2) is 17.8 Å². The SMILES string of the molecule is CSc1ccc(C[NH+]2CCc3c([nH]c4ccccc34)C2)cc1. The normalized spacial score (nSPS) is 17.6. The highest BCUT2D eigenvalue weighted by Crippen LogP contribution is 2.23. The summed E-state index contributed by atoms with van der Waals surface area (Å²) in [6, 6.07) is 17.7. The number of rotatable bonds is 3. The molecule has 2 aromatic carbocycles. The maximum Gasteiger partial charge on any atom is 0.118 e. The molecule has 0 spiro atoms. The molecule has 2 N–H and O–H groups in total. The largest absolute Gasteiger partial charge is 0.354 e. The van der Waals surface area contributed by atoms with Crippen LogP contribution in [0.25, 0.3) is 10.9 Å². The van der Waals surface area contributed by atoms with Crippen LogP contribution >= 0.6 is 11.8 Å². The van der Waals surface area contributed by atoms with E-state index >= 15 is 0 Å². The fraction of sp³-hybridized carbons (Fsp3) is 0.263. The van der Waals surface area contributed by atoms with Crippen LogP contribution in [0.5, 0.6) is 0 Å². The van der Waals surface area contributed by atoms with Gasteiger partial charge in [-0.2, -0.15) is 0 Å². The molecule has 0 fully saturated rings. The van der Waals surface area contributed by atoms with Crippen LogP contribution in [0.1, 0.15) is 16.8 Å². The molecule has 1 unspecified atom stereocenters. The second kappa shape index (κ2) is 5.82. The number of thioether (sulfide) groups is 1. The van der Waals surface area contributed by atoms with Crippen LogP contribution in [0.15, 0.2) is 53.4 Å². The molecule has 0 aliphatic carbocycles. The molecule has 0 saturated heterocycles. The molecule has 0 bridgehead atoms. The molecule has 0 radical (unpaired) electrons. The van der Waals surface area contributed by atoms with Crippen molar-refractivity contribution in [2.75, 3.05) is 12.8 Å². The van der Waals surface area contributed by atoms with E-state index in [0.717, 1.165) is 13.1 Å². The fourth-order valence-electron chi connectivity index (χ4n) is 3.52. The number of fused-ring (bicyclic) bond motifs is 3. The van der Waals surface area contributed by atoms with Gasteiger partial charge in [-0.3, -0.25) is 0 Å². The van der Waals surface area contributed by atoms with Crippen LogP contribution in [-0.2, 0) is 19.5 Å². The van der Waals surface area contributed by atoms with E-state index in [1.165, 1.54) is 45.6 Å². The zero-order valence-corrected chi connectivity index (χ0v) is 13.7. The second-order valence-corrected chi connectivity index (χ2v) is 6.96. The van der Waals surface area contributed by atoms with E-state index in [1.807, 2.05) is 0 Å². The first-order chi connectivity index (χ1) is 10.8. The third-order valence-corrected chi connectivity index (χ3v) is 5.41. The van der Waals surface area contributed by atoms with Gasteiger partial charge in [0, 0.05) is 27.8 Å². The van der Waals surface area contributed by atoms with Crippen molar-refractivity contribution >= 4 is 22.7 Å². The molecular weight excluding hydrogens is 288 g/mol. The van der Waals surface area contributed by atoms with Gasteiger partial charge in [-0.1, -0.05) is 30.3 Å². The zero-order valence-electron chi connectivity index (χ0n) is 12.9. The lowest BCUT2D eigenvalue weighted by molar-refractivity contribution is -0.929. The number of hydrogen-bond donors (Lipinski definition) is 2. The Morgan fingerprint density at radius 1 is 1.09 bits per heavy atom. The molecule has 3 heteroatoms. The van der Waals surface area contributed by atoms with Crippen molar-refractivity contribution in [3.05, 3.63) is 65.4 Å². The van der Waals surface area contributed by atoms with Gasteiger partial charge in [0.25, 0.3) is 0 Å². The average Bonchev–Trinajstić information content (AvgIpc) is 2.93. The van der Waals surface area contributed by atoms with Gasteiger partial charge in [-0.15, -0.1) is 11.8 Å². The monoisotopic (exact) mass is 309 g/mol. The van der Waals surface area contributed by atoms with E-state index in [2.05, 4.69) is 59.8 Å². The number of aromatic amines is 1. The van der Waals surface area contributed by atoms with Crippen molar-refractivity contribution in [3.63, 3.8) is 0 Å². The predicted molar refractivity (Wildman–Crippen MR) is 93.5 cm³/mol. The molecule has 22 heavy (non-hydrogen) atoms. The maximum absolute atomic E-state index is 3.63. The van der Waals surface area contributed by atoms with Gasteiger partial charge >= 0.3 is 0 Å². The fourth-order valence-corrected chi connectivity index (χ4v) is 3.92. The van der Waals surface area contributed by atoms with E-state index in [1.54, 1.807) is 16.7 Å². The summed E-state index contributed by atoms with van der Waals surface area (Å²) in [6.45, 7) is 3.44. The minimum atomic E-state index is 1.11. The van der Waals surface area contributed by atoms with Crippen LogP contribution < -0.4 is 4.90 Å². The summed E-state index contributed by atoms with van der Waals surface area (Å²) < 4.78 is 0. The first kappa shape index (κ1) is 13.9. The van der Waals surface area contributed by atoms with Crippen molar-refractivity contribution in [2.45, 2.75) is 24.4 Å². The van der Waals surface area contributed by atoms with E-state index in [-0.39, 0.29) is 0 Å². The van der Waals surface area contributed by atoms with Crippen LogP contribution in [0.2, 0.25) is 0 Å². The van der Waals surface area contributed by atoms with Gasteiger partial charge < -0.3 is 9.88 Å². The highest BCUT2D eigenvalue weighted by molar-refractivity contribution is 7.98. The van der Waals surface area contributed by atoms with E-state index in [0.29, 0.717) is 0 Å². The lowest BCUT2D eigenvalue weighted by Gasteiger charge is -2.24. The van der Waals surface area contributed by atoms with Crippen LogP contribution in [0.4, 0.5) is 0 Å². The van der Waals surface area contributed by atoms with Gasteiger partial charge in [-0.25, -0.2) is 0 Å². The number of nitrogens with one attached hydrogen (secondary N) is 2. The van der Waals surface area contributed by atoms with Crippen molar-refractivity contribution in [2.24, 2.45) is 0 Å². The Bertz CT molecular complexity index is 789. The second-order valence-electron chi connectivity index (χ2n) is 6.08. The minimum Gasteiger partial charge on any atom is -0.354 e. The first-order valence-corrected chi connectivity index (χ1v) is 9.11. The molecule has 1 aromatic heterocycles. The van der Waals surface area contributed by atoms with E-state index in [9.17, 15) is 0 Å². The van der Waals surface area contributed by atoms with Gasteiger partial charge in [-0.05, 0) is 30.0 Å². The zero-order chi connectivity index (χ0) is 14.9. The van der Waals surface area contributed by atoms with Crippen LogP contribution in [0, 0.1) is 0 Å². The number of H-pyrrole nitrogens is 1. The lowest BCUT2D eigenvalue weighted by atomic mass is 10.0. The predicted octanol–water partition coefficient (Wildman–Crippen LogP) is 3.03. The van der Waals surface area contributed by atoms with Crippen molar-refractivity contribution in [1.82, 2.24) is 4.98 Å². The number of aromatic nitrogens is 1. The van der Waals surface area contributed by atoms with Crippen LogP contribution in [0.3, 0.4) is 0 Å². The Morgan fingerprint density at radius 3 is 2.73 bits per heavy atom. The number of benzene rings is 2. The molecule has 1 aliphatic heterocycles. The van der Waals surface area contributed by atoms with E-state index in [4.69, 9.17) is 0 Å². The van der Waals surface area contributed by atoms with Gasteiger partial charge in [0.2, 0.25) is 0 Å². The standard InChI is InChI=1S/C19H20N2S/c1-22-15-8-6-14(7-9-15)12-21-11-10-17-16-4-2-3-5-18(16)20-19(17)13-21/h2-9,20H,10-13H2,1H3/p+1. The van der Waals surface area contributed by atoms with Crippen molar-refractivity contribution in [1.29, 1.82) is 0 Å². The van der Waals surface area contributed by atoms with Gasteiger partial charge in [0.15, 0.2) is 0 Å². The molecule has 0 amide bonds. The third kappa shape index (κ3) is 2.55. The summed E-state index contributed by atoms with van der Waals surface area (Å²) in [5.74, 6) is 0. The topological polar surface area (TPSA) is 20.2 Å². The Hall–Kier alpha value is -1.71. The third-order valence-electron chi connectivity index (χ3n) is 4.67. The Kier molecular flexibility index (Phi) is 3.68. The van der Waals surface area contributed by atoms with Gasteiger partial charge in [0.05, 0.1) is 12.2 Å². The quantitative estimate of drug-likeness (QED) is 0.713. The summed E-state index contributed by atoms with van der Waals surface area (Å²) in [7, 11) is 0. The van der Waals surface area contributed by atoms with Crippen molar-refractivity contribution < 1.29 is 4.90 Å². The summed E-state index contributed by atoms with van der Waals surface area (Å²) in [5.41, 5.74) is 5.70. The average molecular weight is 309 g/mol. The van der Waals surface area contributed by atoms with Gasteiger partial charge in [0.1, 0.15) is 13.1 Å². The summed E-state index contributed by atoms with van der Waals surface area (Å²) in [5, 5.41) is 1.42. The molecule has 1 atom stereocenters. The molecule has 2 heterocycles. The highest BCUT2D eigenvalue weighted by Gasteiger charge is 2.23. The molecule has 1 aliphatic rings. The minimum absolute atomic E-state index is 1.11. The Labute approximate surface area is 135 Å². The van der Waals surface area contributed by atoms with E-state index < -0.39 is 0 Å². The number of hydrogen-bond acceptors (Lipinski definition) is 1. The van der Waals surface area contributed by atoms with Crippen molar-refractivity contribution in [3.8, 4) is 0 Å². The molecule has 2 nitrogen and oxygen atoms in total. The molecule has 0 saturated carbocycles. The number of para-hydroxylation sites is 1. The Balaban J connectivity index is 1.53. The highest BCUT2D eigenvalue weighted by atomic mass is 32.2. The number of quaternary nitrogens is 1. The molecule has 4 rings (SSSR count). The Morgan fingerprint density at radius 2 is 1.91 bits per heavy atom. The molecule has 3 aromatic rings. The maximum atomic E-state index is 3.63. The summed E-state index contributed by atoms with van der Waals surface area (Å²) >= 11 is 1.80. The lowest BCUT2D eigenvalue weighted by Crippen LogP contribution is -3.10. The summed E-state index contributed by atoms with van der Waals surface area (Å²) in [4.78, 5) is 6.62. The molecular formula is C19H21N2S+. The molecule has 112 valence electrons. The smallest absolute Gasteiger partial charge is 0.118 e. The summed E-state index contributed by atoms with van der Waals surface area (Å²) in [6.07, 6.45) is 3.31.